The van der Waals surface area contributed by atoms with Crippen LogP contribution in [-0.4, -0.2) is 10.9 Å². The van der Waals surface area contributed by atoms with E-state index in [0.29, 0.717) is 18.8 Å². The number of halogens is 1. The number of carbonyl (C=O) groups excluding carboxylic acids is 1. The van der Waals surface area contributed by atoms with E-state index >= 15 is 0 Å². The highest BCUT2D eigenvalue weighted by Crippen LogP contribution is 2.13. The highest BCUT2D eigenvalue weighted by atomic mass is 79.9. The van der Waals surface area contributed by atoms with Crippen molar-refractivity contribution in [3.05, 3.63) is 63.9 Å². The molecule has 0 atom stereocenters. The molecule has 0 spiro atoms. The van der Waals surface area contributed by atoms with Crippen LogP contribution in [0.5, 0.6) is 0 Å². The monoisotopic (exact) mass is 335 g/mol. The largest absolute Gasteiger partial charge is 0.370 e. The number of nitrogens with one attached hydrogen (secondary N) is 1. The number of nitrogens with two attached hydrogens (primary N) is 1. The van der Waals surface area contributed by atoms with E-state index in [1.54, 1.807) is 12.1 Å². The Morgan fingerprint density at radius 2 is 2.15 bits per heavy atom. The zero-order valence-electron chi connectivity index (χ0n) is 10.7. The summed E-state index contributed by atoms with van der Waals surface area (Å²) in [5, 5.41) is 0. The fourth-order valence-corrected chi connectivity index (χ4v) is 2.07. The molecule has 0 aliphatic heterocycles. The Labute approximate surface area is 125 Å². The second kappa shape index (κ2) is 7.14. The number of nitrogens with zero attached hydrogens (tertiary/aromatic N) is 1. The third-order valence-electron chi connectivity index (χ3n) is 2.63. The quantitative estimate of drug-likeness (QED) is 0.498. The van der Waals surface area contributed by atoms with Crippen molar-refractivity contribution in [3.63, 3.8) is 0 Å². The predicted molar refractivity (Wildman–Crippen MR) is 78.5 cm³/mol. The number of hydrogen-bond donors (Lipinski definition) is 2. The first-order valence-corrected chi connectivity index (χ1v) is 6.76. The van der Waals surface area contributed by atoms with Crippen molar-refractivity contribution in [2.45, 2.75) is 13.2 Å². The standard InChI is InChI=1S/C14H14BrN3O2/c15-12-3-1-2-10(6-12)8-20-9-13-5-4-11(7-17-13)14(19)18-16/h1-7H,8-9,16H2,(H,18,19). The maximum absolute atomic E-state index is 11.2. The Balaban J connectivity index is 1.86. The van der Waals surface area contributed by atoms with Gasteiger partial charge in [0.25, 0.3) is 5.91 Å². The third kappa shape index (κ3) is 4.12. The van der Waals surface area contributed by atoms with Crippen LogP contribution in [0.25, 0.3) is 0 Å². The van der Waals surface area contributed by atoms with Gasteiger partial charge in [0.2, 0.25) is 0 Å². The van der Waals surface area contributed by atoms with Crippen molar-refractivity contribution in [1.82, 2.24) is 10.4 Å². The number of benzene rings is 1. The Bertz CT molecular complexity index is 587. The average molecular weight is 336 g/mol. The van der Waals surface area contributed by atoms with Crippen LogP contribution < -0.4 is 11.3 Å². The maximum atomic E-state index is 11.2. The molecule has 0 radical (unpaired) electrons. The minimum Gasteiger partial charge on any atom is -0.370 e. The maximum Gasteiger partial charge on any atom is 0.266 e. The van der Waals surface area contributed by atoms with Crippen LogP contribution in [0.2, 0.25) is 0 Å². The van der Waals surface area contributed by atoms with E-state index < -0.39 is 0 Å². The topological polar surface area (TPSA) is 77.2 Å². The van der Waals surface area contributed by atoms with Gasteiger partial charge in [0, 0.05) is 10.7 Å². The Morgan fingerprint density at radius 1 is 1.30 bits per heavy atom. The number of amides is 1. The van der Waals surface area contributed by atoms with Crippen molar-refractivity contribution in [2.24, 2.45) is 5.84 Å². The SMILES string of the molecule is NNC(=O)c1ccc(COCc2cccc(Br)c2)nc1. The second-order valence-corrected chi connectivity index (χ2v) is 5.05. The van der Waals surface area contributed by atoms with Gasteiger partial charge in [-0.25, -0.2) is 5.84 Å². The second-order valence-electron chi connectivity index (χ2n) is 4.13. The van der Waals surface area contributed by atoms with E-state index in [9.17, 15) is 4.79 Å². The summed E-state index contributed by atoms with van der Waals surface area (Å²) >= 11 is 3.41. The summed E-state index contributed by atoms with van der Waals surface area (Å²) in [6.07, 6.45) is 1.47. The lowest BCUT2D eigenvalue weighted by atomic mass is 10.2. The van der Waals surface area contributed by atoms with E-state index in [0.717, 1.165) is 15.7 Å². The summed E-state index contributed by atoms with van der Waals surface area (Å²) in [4.78, 5) is 15.4. The molecule has 1 aromatic heterocycles. The van der Waals surface area contributed by atoms with Crippen LogP contribution in [0.15, 0.2) is 47.1 Å². The number of nitrogen functional groups attached to an aromatic ring is 1. The summed E-state index contributed by atoms with van der Waals surface area (Å²) in [5.41, 5.74) is 4.32. The van der Waals surface area contributed by atoms with E-state index in [-0.39, 0.29) is 5.91 Å². The summed E-state index contributed by atoms with van der Waals surface area (Å²) in [6, 6.07) is 11.3. The molecule has 0 unspecified atom stereocenters. The molecule has 6 heteroatoms. The van der Waals surface area contributed by atoms with Crippen LogP contribution in [0.4, 0.5) is 0 Å². The first-order chi connectivity index (χ1) is 9.69. The molecule has 0 bridgehead atoms. The number of carbonyl (C=O) groups is 1. The van der Waals surface area contributed by atoms with Crippen LogP contribution in [0, 0.1) is 0 Å². The molecular formula is C14H14BrN3O2. The van der Waals surface area contributed by atoms with Gasteiger partial charge in [0.05, 0.1) is 24.5 Å². The number of hydrogen-bond acceptors (Lipinski definition) is 4. The van der Waals surface area contributed by atoms with Gasteiger partial charge in [-0.2, -0.15) is 0 Å². The van der Waals surface area contributed by atoms with Crippen molar-refractivity contribution < 1.29 is 9.53 Å². The van der Waals surface area contributed by atoms with Crippen LogP contribution in [0.1, 0.15) is 21.6 Å². The van der Waals surface area contributed by atoms with Gasteiger partial charge in [-0.05, 0) is 29.8 Å². The molecule has 2 aromatic rings. The van der Waals surface area contributed by atoms with E-state index in [1.165, 1.54) is 6.20 Å². The molecule has 3 N–H and O–H groups in total. The molecule has 0 aliphatic rings. The van der Waals surface area contributed by atoms with Crippen molar-refractivity contribution in [3.8, 4) is 0 Å². The van der Waals surface area contributed by atoms with E-state index in [2.05, 4.69) is 26.3 Å². The molecule has 1 heterocycles. The fourth-order valence-electron chi connectivity index (χ4n) is 1.63. The van der Waals surface area contributed by atoms with Gasteiger partial charge >= 0.3 is 0 Å². The molecule has 20 heavy (non-hydrogen) atoms. The number of hydrazine groups is 1. The van der Waals surface area contributed by atoms with Crippen molar-refractivity contribution in [1.29, 1.82) is 0 Å². The highest BCUT2D eigenvalue weighted by Gasteiger charge is 2.04. The van der Waals surface area contributed by atoms with Gasteiger partial charge in [0.15, 0.2) is 0 Å². The van der Waals surface area contributed by atoms with Crippen LogP contribution >= 0.6 is 15.9 Å². The molecule has 5 nitrogen and oxygen atoms in total. The Hall–Kier alpha value is -1.76. The molecule has 0 saturated carbocycles. The van der Waals surface area contributed by atoms with Crippen molar-refractivity contribution in [2.75, 3.05) is 0 Å². The Kier molecular flexibility index (Phi) is 5.23. The predicted octanol–water partition coefficient (Wildman–Crippen LogP) is 2.16. The zero-order chi connectivity index (χ0) is 14.4. The summed E-state index contributed by atoms with van der Waals surface area (Å²) < 4.78 is 6.60. The number of pyridine rings is 1. The van der Waals surface area contributed by atoms with Gasteiger partial charge in [-0.15, -0.1) is 0 Å². The van der Waals surface area contributed by atoms with Crippen LogP contribution in [-0.2, 0) is 18.0 Å². The minimum absolute atomic E-state index is 0.362. The van der Waals surface area contributed by atoms with Gasteiger partial charge < -0.3 is 4.74 Å². The summed E-state index contributed by atoms with van der Waals surface area (Å²) in [6.45, 7) is 0.892. The lowest BCUT2D eigenvalue weighted by Crippen LogP contribution is -2.30. The van der Waals surface area contributed by atoms with E-state index in [4.69, 9.17) is 10.6 Å². The first kappa shape index (κ1) is 14.6. The first-order valence-electron chi connectivity index (χ1n) is 5.97. The molecule has 0 fully saturated rings. The molecule has 104 valence electrons. The molecule has 0 saturated heterocycles. The molecule has 0 aliphatic carbocycles. The average Bonchev–Trinajstić information content (AvgIpc) is 2.47. The summed E-state index contributed by atoms with van der Waals surface area (Å²) in [5.74, 6) is 4.68. The highest BCUT2D eigenvalue weighted by molar-refractivity contribution is 9.10. The zero-order valence-corrected chi connectivity index (χ0v) is 12.3. The number of ether oxygens (including phenoxy) is 1. The smallest absolute Gasteiger partial charge is 0.266 e. The van der Waals surface area contributed by atoms with Crippen molar-refractivity contribution >= 4 is 21.8 Å². The molecule has 1 amide bonds. The third-order valence-corrected chi connectivity index (χ3v) is 3.12. The number of aromatic nitrogens is 1. The molecule has 2 rings (SSSR count). The van der Waals surface area contributed by atoms with Gasteiger partial charge in [0.1, 0.15) is 0 Å². The normalized spacial score (nSPS) is 10.3. The summed E-state index contributed by atoms with van der Waals surface area (Å²) in [7, 11) is 0. The number of rotatable bonds is 5. The molecular weight excluding hydrogens is 322 g/mol. The van der Waals surface area contributed by atoms with Gasteiger partial charge in [-0.3, -0.25) is 15.2 Å². The lowest BCUT2D eigenvalue weighted by Gasteiger charge is -2.05. The molecule has 1 aromatic carbocycles. The van der Waals surface area contributed by atoms with Gasteiger partial charge in [-0.1, -0.05) is 28.1 Å². The van der Waals surface area contributed by atoms with E-state index in [1.807, 2.05) is 24.3 Å². The minimum atomic E-state index is -0.362. The fraction of sp³-hybridized carbons (Fsp3) is 0.143. The lowest BCUT2D eigenvalue weighted by molar-refractivity contribution is 0.0951. The Morgan fingerprint density at radius 3 is 2.80 bits per heavy atom. The van der Waals surface area contributed by atoms with Crippen LogP contribution in [0.3, 0.4) is 0 Å².